The van der Waals surface area contributed by atoms with Crippen molar-refractivity contribution in [1.82, 2.24) is 10.6 Å². The summed E-state index contributed by atoms with van der Waals surface area (Å²) in [7, 11) is 4.84. The fourth-order valence-corrected chi connectivity index (χ4v) is 3.13. The molecule has 1 aromatic rings. The van der Waals surface area contributed by atoms with Gasteiger partial charge in [-0.3, -0.25) is 0 Å². The van der Waals surface area contributed by atoms with Crippen LogP contribution in [0.5, 0.6) is 17.2 Å². The highest BCUT2D eigenvalue weighted by Crippen LogP contribution is 2.48. The number of nitrogens with one attached hydrogen (secondary N) is 2. The van der Waals surface area contributed by atoms with Crippen LogP contribution in [0.3, 0.4) is 0 Å². The molecular formula is C21H35N3O4. The smallest absolute Gasteiger partial charge is 0.203 e. The molecule has 7 nitrogen and oxygen atoms in total. The van der Waals surface area contributed by atoms with E-state index in [0.29, 0.717) is 29.2 Å². The Bertz CT molecular complexity index is 620. The molecule has 1 aromatic carbocycles. The SMILES string of the molecule is CCNC(=NCc1cc(OC)c(OC)c(OC)c1)NCC1(CCOCC)CC1. The first kappa shape index (κ1) is 22.1. The van der Waals surface area contributed by atoms with Crippen LogP contribution in [-0.2, 0) is 11.3 Å². The standard InChI is InChI=1S/C21H35N3O4/c1-6-22-20(24-15-21(8-9-21)10-11-28-7-2)23-14-16-12-17(25-3)19(27-5)18(13-16)26-4/h12-13H,6-11,14-15H2,1-5H3,(H2,22,23,24). The minimum Gasteiger partial charge on any atom is -0.493 e. The van der Waals surface area contributed by atoms with Gasteiger partial charge in [-0.1, -0.05) is 0 Å². The average molecular weight is 394 g/mol. The minimum atomic E-state index is 0.359. The van der Waals surface area contributed by atoms with Crippen molar-refractivity contribution in [2.45, 2.75) is 39.7 Å². The zero-order valence-corrected chi connectivity index (χ0v) is 17.9. The van der Waals surface area contributed by atoms with Gasteiger partial charge in [-0.25, -0.2) is 4.99 Å². The van der Waals surface area contributed by atoms with E-state index >= 15 is 0 Å². The fourth-order valence-electron chi connectivity index (χ4n) is 3.13. The molecule has 28 heavy (non-hydrogen) atoms. The normalized spacial score (nSPS) is 15.1. The molecule has 0 radical (unpaired) electrons. The number of benzene rings is 1. The van der Waals surface area contributed by atoms with Crippen molar-refractivity contribution >= 4 is 5.96 Å². The van der Waals surface area contributed by atoms with E-state index in [1.807, 2.05) is 19.1 Å². The van der Waals surface area contributed by atoms with Crippen molar-refractivity contribution in [2.75, 3.05) is 47.6 Å². The number of hydrogen-bond acceptors (Lipinski definition) is 5. The van der Waals surface area contributed by atoms with Crippen LogP contribution >= 0.6 is 0 Å². The van der Waals surface area contributed by atoms with E-state index in [4.69, 9.17) is 23.9 Å². The van der Waals surface area contributed by atoms with E-state index in [0.717, 1.165) is 44.2 Å². The Kier molecular flexibility index (Phi) is 8.70. The number of aliphatic imine (C=N–C) groups is 1. The maximum atomic E-state index is 5.52. The Hall–Kier alpha value is -2.15. The largest absolute Gasteiger partial charge is 0.493 e. The molecule has 0 aliphatic heterocycles. The highest BCUT2D eigenvalue weighted by molar-refractivity contribution is 5.79. The Morgan fingerprint density at radius 1 is 1.04 bits per heavy atom. The van der Waals surface area contributed by atoms with Crippen LogP contribution in [0.1, 0.15) is 38.7 Å². The van der Waals surface area contributed by atoms with Gasteiger partial charge in [0.25, 0.3) is 0 Å². The molecule has 2 rings (SSSR count). The molecule has 0 atom stereocenters. The lowest BCUT2D eigenvalue weighted by Gasteiger charge is -2.18. The van der Waals surface area contributed by atoms with E-state index in [1.165, 1.54) is 12.8 Å². The molecule has 1 fully saturated rings. The van der Waals surface area contributed by atoms with Gasteiger partial charge in [0.15, 0.2) is 17.5 Å². The van der Waals surface area contributed by atoms with Crippen molar-refractivity contribution < 1.29 is 18.9 Å². The zero-order chi connectivity index (χ0) is 20.4. The van der Waals surface area contributed by atoms with E-state index < -0.39 is 0 Å². The third-order valence-electron chi connectivity index (χ3n) is 5.06. The molecule has 1 saturated carbocycles. The Balaban J connectivity index is 2.02. The molecule has 1 aliphatic carbocycles. The molecule has 7 heteroatoms. The van der Waals surface area contributed by atoms with E-state index in [-0.39, 0.29) is 0 Å². The van der Waals surface area contributed by atoms with Crippen molar-refractivity contribution in [3.05, 3.63) is 17.7 Å². The topological polar surface area (TPSA) is 73.3 Å². The number of methoxy groups -OCH3 is 3. The van der Waals surface area contributed by atoms with Crippen LogP contribution in [-0.4, -0.2) is 53.6 Å². The molecule has 158 valence electrons. The minimum absolute atomic E-state index is 0.359. The second-order valence-corrected chi connectivity index (χ2v) is 7.03. The van der Waals surface area contributed by atoms with Crippen LogP contribution in [0.25, 0.3) is 0 Å². The summed E-state index contributed by atoms with van der Waals surface area (Å²) in [6.07, 6.45) is 3.60. The molecule has 0 aromatic heterocycles. The molecular weight excluding hydrogens is 358 g/mol. The Labute approximate surface area is 168 Å². The first-order valence-electron chi connectivity index (χ1n) is 10.00. The van der Waals surface area contributed by atoms with Gasteiger partial charge in [0.05, 0.1) is 27.9 Å². The van der Waals surface area contributed by atoms with Crippen LogP contribution < -0.4 is 24.8 Å². The van der Waals surface area contributed by atoms with Crippen molar-refractivity contribution in [2.24, 2.45) is 10.4 Å². The maximum absolute atomic E-state index is 5.52. The molecule has 1 aliphatic rings. The van der Waals surface area contributed by atoms with Gasteiger partial charge in [-0.2, -0.15) is 0 Å². The molecule has 2 N–H and O–H groups in total. The molecule has 0 amide bonds. The second kappa shape index (κ2) is 11.0. The van der Waals surface area contributed by atoms with Crippen LogP contribution in [0.4, 0.5) is 0 Å². The van der Waals surface area contributed by atoms with Gasteiger partial charge in [0, 0.05) is 26.3 Å². The summed E-state index contributed by atoms with van der Waals surface area (Å²) in [5, 5.41) is 6.82. The van der Waals surface area contributed by atoms with Gasteiger partial charge in [0.1, 0.15) is 0 Å². The summed E-state index contributed by atoms with van der Waals surface area (Å²) in [6.45, 7) is 7.96. The summed E-state index contributed by atoms with van der Waals surface area (Å²) in [4.78, 5) is 4.73. The van der Waals surface area contributed by atoms with Crippen molar-refractivity contribution in [3.8, 4) is 17.2 Å². The summed E-state index contributed by atoms with van der Waals surface area (Å²) < 4.78 is 21.8. The monoisotopic (exact) mass is 393 g/mol. The van der Waals surface area contributed by atoms with E-state index in [9.17, 15) is 0 Å². The molecule has 0 heterocycles. The third kappa shape index (κ3) is 6.19. The summed E-state index contributed by atoms with van der Waals surface area (Å²) in [5.41, 5.74) is 1.35. The van der Waals surface area contributed by atoms with Gasteiger partial charge < -0.3 is 29.6 Å². The van der Waals surface area contributed by atoms with Crippen molar-refractivity contribution in [1.29, 1.82) is 0 Å². The van der Waals surface area contributed by atoms with Crippen LogP contribution in [0.2, 0.25) is 0 Å². The summed E-state index contributed by atoms with van der Waals surface area (Å²) in [5.74, 6) is 2.68. The molecule has 0 bridgehead atoms. The molecule has 0 saturated heterocycles. The highest BCUT2D eigenvalue weighted by atomic mass is 16.5. The lowest BCUT2D eigenvalue weighted by Crippen LogP contribution is -2.40. The first-order chi connectivity index (χ1) is 13.6. The predicted octanol–water partition coefficient (Wildman–Crippen LogP) is 2.97. The first-order valence-corrected chi connectivity index (χ1v) is 10.00. The highest BCUT2D eigenvalue weighted by Gasteiger charge is 2.41. The van der Waals surface area contributed by atoms with Gasteiger partial charge in [0.2, 0.25) is 5.75 Å². The van der Waals surface area contributed by atoms with E-state index in [2.05, 4.69) is 17.6 Å². The lowest BCUT2D eigenvalue weighted by atomic mass is 10.0. The van der Waals surface area contributed by atoms with Crippen molar-refractivity contribution in [3.63, 3.8) is 0 Å². The predicted molar refractivity (Wildman–Crippen MR) is 112 cm³/mol. The number of hydrogen-bond donors (Lipinski definition) is 2. The molecule has 0 spiro atoms. The third-order valence-corrected chi connectivity index (χ3v) is 5.06. The second-order valence-electron chi connectivity index (χ2n) is 7.03. The number of ether oxygens (including phenoxy) is 4. The average Bonchev–Trinajstić information content (AvgIpc) is 3.49. The quantitative estimate of drug-likeness (QED) is 0.323. The van der Waals surface area contributed by atoms with Crippen LogP contribution in [0, 0.1) is 5.41 Å². The number of rotatable bonds is 12. The Morgan fingerprint density at radius 3 is 2.21 bits per heavy atom. The van der Waals surface area contributed by atoms with E-state index in [1.54, 1.807) is 21.3 Å². The lowest BCUT2D eigenvalue weighted by molar-refractivity contribution is 0.128. The number of nitrogens with zero attached hydrogens (tertiary/aromatic N) is 1. The summed E-state index contributed by atoms with van der Waals surface area (Å²) >= 11 is 0. The van der Waals surface area contributed by atoms with Gasteiger partial charge in [-0.05, 0) is 56.2 Å². The number of guanidine groups is 1. The fraction of sp³-hybridized carbons (Fsp3) is 0.667. The van der Waals surface area contributed by atoms with Gasteiger partial charge >= 0.3 is 0 Å². The maximum Gasteiger partial charge on any atom is 0.203 e. The van der Waals surface area contributed by atoms with Gasteiger partial charge in [-0.15, -0.1) is 0 Å². The summed E-state index contributed by atoms with van der Waals surface area (Å²) in [6, 6.07) is 3.86. The zero-order valence-electron chi connectivity index (χ0n) is 17.9. The molecule has 0 unspecified atom stereocenters. The Morgan fingerprint density at radius 2 is 1.71 bits per heavy atom. The van der Waals surface area contributed by atoms with Crippen LogP contribution in [0.15, 0.2) is 17.1 Å².